The number of aromatic amines is 2. The average molecular weight is 1830 g/mol. The van der Waals surface area contributed by atoms with Crippen LogP contribution >= 0.6 is 22.7 Å². The third kappa shape index (κ3) is 10.8. The Balaban J connectivity index is 0.542. The summed E-state index contributed by atoms with van der Waals surface area (Å²) in [7, 11) is 0. The van der Waals surface area contributed by atoms with Crippen LogP contribution in [0.3, 0.4) is 0 Å². The van der Waals surface area contributed by atoms with E-state index in [2.05, 4.69) is 389 Å². The van der Waals surface area contributed by atoms with Crippen LogP contribution in [-0.4, -0.2) is 9.97 Å². The third-order valence-corrected chi connectivity index (χ3v) is 31.7. The minimum atomic E-state index is 0.736. The Bertz CT molecular complexity index is 11000. The third-order valence-electron chi connectivity index (χ3n) is 29.3. The molecule has 21 aromatic carbocycles. The van der Waals surface area contributed by atoms with Gasteiger partial charge in [-0.3, -0.25) is 0 Å². The molecule has 0 amide bonds. The van der Waals surface area contributed by atoms with E-state index in [9.17, 15) is 0 Å². The highest BCUT2D eigenvalue weighted by molar-refractivity contribution is 7.27. The monoisotopic (exact) mass is 1830 g/mol. The fraction of sp³-hybridized carbons (Fsp3) is 0. The summed E-state index contributed by atoms with van der Waals surface area (Å²) in [6.07, 6.45) is 0. The van der Waals surface area contributed by atoms with E-state index in [1.54, 1.807) is 0 Å². The van der Waals surface area contributed by atoms with Crippen LogP contribution in [0.25, 0.3) is 271 Å². The van der Waals surface area contributed by atoms with Crippen molar-refractivity contribution in [3.63, 3.8) is 0 Å². The highest BCUT2D eigenvalue weighted by atomic mass is 32.1. The van der Waals surface area contributed by atoms with Gasteiger partial charge in [0.15, 0.2) is 11.2 Å². The normalized spacial score (nSPS) is 12.4. The zero-order chi connectivity index (χ0) is 91.0. The van der Waals surface area contributed by atoms with Crippen molar-refractivity contribution in [3.05, 3.63) is 406 Å². The lowest BCUT2D eigenvalue weighted by atomic mass is 9.97. The van der Waals surface area contributed by atoms with Gasteiger partial charge in [-0.25, -0.2) is 0 Å². The number of fused-ring (bicyclic) bond motifs is 35. The number of nitrogens with zero attached hydrogens (tertiary/aromatic N) is 3. The number of aromatic nitrogens is 2. The van der Waals surface area contributed by atoms with Crippen LogP contribution in [0.2, 0.25) is 0 Å². The van der Waals surface area contributed by atoms with Gasteiger partial charge in [-0.2, -0.15) is 0 Å². The molecule has 0 unspecified atom stereocenters. The summed E-state index contributed by atoms with van der Waals surface area (Å²) in [4.78, 5) is 15.0. The van der Waals surface area contributed by atoms with E-state index in [-0.39, 0.29) is 0 Å². The molecule has 32 rings (SSSR count). The molecule has 0 radical (unpaired) electrons. The molecule has 32 aromatic rings. The molecule has 0 bridgehead atoms. The van der Waals surface area contributed by atoms with Gasteiger partial charge < -0.3 is 55.6 Å². The lowest BCUT2D eigenvalue weighted by Crippen LogP contribution is -2.11. The van der Waals surface area contributed by atoms with Crippen molar-refractivity contribution in [2.24, 2.45) is 0 Å². The van der Waals surface area contributed by atoms with E-state index in [1.165, 1.54) is 25.6 Å². The van der Waals surface area contributed by atoms with Crippen molar-refractivity contribution in [3.8, 4) is 33.4 Å². The molecule has 0 aliphatic heterocycles. The number of anilines is 9. The lowest BCUT2D eigenvalue weighted by molar-refractivity contribution is 0.662. The first kappa shape index (κ1) is 76.0. The van der Waals surface area contributed by atoms with Crippen LogP contribution in [-0.2, 0) is 0 Å². The Hall–Kier alpha value is -18.3. The first-order valence-corrected chi connectivity index (χ1v) is 48.7. The first-order valence-electron chi connectivity index (χ1n) is 47.1. The molecule has 0 spiro atoms. The predicted molar refractivity (Wildman–Crippen MR) is 582 cm³/mol. The number of para-hydroxylation sites is 9. The van der Waals surface area contributed by atoms with E-state index in [0.29, 0.717) is 0 Å². The van der Waals surface area contributed by atoms with Crippen LogP contribution in [0, 0.1) is 0 Å². The fourth-order valence-corrected chi connectivity index (χ4v) is 25.6. The Kier molecular flexibility index (Phi) is 15.5. The topological polar surface area (TPSA) is 133 Å². The number of furan rings is 7. The fourth-order valence-electron chi connectivity index (χ4n) is 23.2. The van der Waals surface area contributed by atoms with E-state index < -0.39 is 0 Å². The number of hydrogen-bond acceptors (Lipinski definition) is 12. The lowest BCUT2D eigenvalue weighted by Gasteiger charge is -2.27. The van der Waals surface area contributed by atoms with E-state index in [0.717, 1.165) is 297 Å². The molecule has 652 valence electrons. The van der Waals surface area contributed by atoms with Crippen molar-refractivity contribution in [1.29, 1.82) is 0 Å². The number of thiophene rings is 2. The molecule has 12 nitrogen and oxygen atoms in total. The van der Waals surface area contributed by atoms with E-state index in [1.807, 2.05) is 65.1 Å². The largest absolute Gasteiger partial charge is 0.456 e. The zero-order valence-electron chi connectivity index (χ0n) is 74.2. The van der Waals surface area contributed by atoms with Gasteiger partial charge in [-0.15, -0.1) is 22.7 Å². The van der Waals surface area contributed by atoms with Crippen LogP contribution in [0.1, 0.15) is 0 Å². The maximum atomic E-state index is 7.39. The smallest absolute Gasteiger partial charge is 0.159 e. The van der Waals surface area contributed by atoms with Crippen molar-refractivity contribution >= 4 is 311 Å². The quantitative estimate of drug-likeness (QED) is 0.122. The van der Waals surface area contributed by atoms with Gasteiger partial charge in [0.2, 0.25) is 0 Å². The summed E-state index contributed by atoms with van der Waals surface area (Å²) in [5.74, 6) is 0. The van der Waals surface area contributed by atoms with Gasteiger partial charge in [-0.05, 0) is 167 Å². The summed E-state index contributed by atoms with van der Waals surface area (Å²) < 4.78 is 53.8. The zero-order valence-corrected chi connectivity index (χ0v) is 75.8. The highest BCUT2D eigenvalue weighted by Gasteiger charge is 2.34. The van der Waals surface area contributed by atoms with E-state index >= 15 is 0 Å². The number of rotatable bonds is 12. The Morgan fingerprint density at radius 2 is 0.629 bits per heavy atom. The molecule has 0 atom stereocenters. The van der Waals surface area contributed by atoms with Crippen LogP contribution in [0.15, 0.2) is 437 Å². The maximum absolute atomic E-state index is 7.39. The van der Waals surface area contributed by atoms with Gasteiger partial charge in [0.1, 0.15) is 67.0 Å². The van der Waals surface area contributed by atoms with Gasteiger partial charge >= 0.3 is 0 Å². The van der Waals surface area contributed by atoms with Crippen LogP contribution in [0.5, 0.6) is 0 Å². The van der Waals surface area contributed by atoms with Crippen molar-refractivity contribution < 1.29 is 30.9 Å². The number of hydrogen-bond donors (Lipinski definition) is 2. The Labute approximate surface area is 800 Å². The molecular weight excluding hydrogens is 1760 g/mol. The molecule has 11 aromatic heterocycles. The summed E-state index contributed by atoms with van der Waals surface area (Å²) in [6.45, 7) is 0. The van der Waals surface area contributed by atoms with Crippen molar-refractivity contribution in [1.82, 2.24) is 9.97 Å². The van der Waals surface area contributed by atoms with Gasteiger partial charge in [0, 0.05) is 147 Å². The summed E-state index contributed by atoms with van der Waals surface area (Å²) >= 11 is 3.68. The molecule has 14 heteroatoms. The average Bonchev–Trinajstić information content (AvgIpc) is 1.55. The molecule has 0 fully saturated rings. The summed E-state index contributed by atoms with van der Waals surface area (Å²) in [6, 6.07) is 146. The SMILES string of the molecule is c1ccc(-c2ccc(N(c3cccc4c3sc3cc(-c5ccc6c(c5)[nH]c5cc(N(c7ccc8c(c7)oc7ccccc78)c7cc8oc9ccccc9c8c8oc9ccccc9c78)ccc56)ccc34)c3cccc4c3sc3cccc(-c5ccc6oc7c(N(c8cccc9c8oc8ccccc89)c8cc9[nH]c%10ccccc%10c9c9oc%10ccccc%10c89)cccc7c6c5)c34)c3c2oc2ccccc23)cc1. The molecule has 0 aliphatic carbocycles. The second-order valence-corrected chi connectivity index (χ2v) is 38.9. The molecule has 140 heavy (non-hydrogen) atoms. The maximum Gasteiger partial charge on any atom is 0.159 e. The molecular formula is C126H69N5O7S2. The molecule has 0 saturated heterocycles. The number of benzene rings is 21. The Morgan fingerprint density at radius 3 is 1.34 bits per heavy atom. The molecule has 11 heterocycles. The van der Waals surface area contributed by atoms with Crippen molar-refractivity contribution in [2.45, 2.75) is 0 Å². The minimum absolute atomic E-state index is 0.736. The minimum Gasteiger partial charge on any atom is -0.456 e. The number of nitrogens with one attached hydrogen (secondary N) is 2. The second-order valence-electron chi connectivity index (χ2n) is 36.8. The standard InChI is InChI=1S/C126H69N5O7S2/c1-2-23-68(24-3-1)75-58-59-96(116-86-28-7-15-45-106(86)136-122(75)116)130(99-40-20-35-84-81-55-50-70(63-113(81)140-125(84)99)69-49-54-76-77-56-52-72(64-94(77)128-93(76)62-69)129(73-53-57-80-78-25-5-12-42-103(78)132-110(80)65-73)102-67-111-119(89-31-10-14-44-105(89)133-111)124-118(102)88-30-9-17-47-108(88)138-124)100-41-21-36-90-114-74(32-22-48-112(114)139-126(90)100)71-51-60-109-91(61-71)83-34-19-39-98(121(83)135-109)131(97-38-18-33-82-79-26-6-13-43-104(79)134-120(82)97)101-66-95-115(85-27-4-11-37-92(85)127-95)123-117(101)87-29-8-16-46-107(87)137-123/h1-67,127-128H. The second kappa shape index (κ2) is 28.6. The van der Waals surface area contributed by atoms with Crippen LogP contribution in [0.4, 0.5) is 51.2 Å². The first-order chi connectivity index (χ1) is 69.4. The van der Waals surface area contributed by atoms with Crippen molar-refractivity contribution in [2.75, 3.05) is 14.7 Å². The molecule has 2 N–H and O–H groups in total. The predicted octanol–water partition coefficient (Wildman–Crippen LogP) is 38.4. The van der Waals surface area contributed by atoms with Gasteiger partial charge in [0.05, 0.1) is 81.7 Å². The van der Waals surface area contributed by atoms with E-state index in [4.69, 9.17) is 30.9 Å². The summed E-state index contributed by atoms with van der Waals surface area (Å²) in [5.41, 5.74) is 30.1. The van der Waals surface area contributed by atoms with Crippen LogP contribution < -0.4 is 14.7 Å². The van der Waals surface area contributed by atoms with Gasteiger partial charge in [0.25, 0.3) is 0 Å². The van der Waals surface area contributed by atoms with Gasteiger partial charge in [-0.1, -0.05) is 255 Å². The number of H-pyrrole nitrogens is 2. The molecule has 0 saturated carbocycles. The highest BCUT2D eigenvalue weighted by Crippen LogP contribution is 2.58. The Morgan fingerprint density at radius 1 is 0.171 bits per heavy atom. The summed E-state index contributed by atoms with van der Waals surface area (Å²) in [5, 5.41) is 23.2. The molecule has 0 aliphatic rings.